The highest BCUT2D eigenvalue weighted by molar-refractivity contribution is 6.05. The Morgan fingerprint density at radius 3 is 2.12 bits per heavy atom. The van der Waals surface area contributed by atoms with Crippen LogP contribution in [0.15, 0.2) is 18.2 Å². The summed E-state index contributed by atoms with van der Waals surface area (Å²) in [6.07, 6.45) is 0. The van der Waals surface area contributed by atoms with E-state index < -0.39 is 56.9 Å². The van der Waals surface area contributed by atoms with E-state index in [1.54, 1.807) is 12.2 Å². The molecule has 0 heterocycles. The number of halogens is 5. The summed E-state index contributed by atoms with van der Waals surface area (Å²) in [6, 6.07) is 3.13. The molecule has 1 N–H and O–H groups in total. The zero-order chi connectivity index (χ0) is 19.6. The molecule has 1 amide bonds. The molecule has 2 aromatic carbocycles. The molecule has 0 saturated heterocycles. The van der Waals surface area contributed by atoms with Gasteiger partial charge in [-0.1, -0.05) is 0 Å². The summed E-state index contributed by atoms with van der Waals surface area (Å²) in [6.45, 7) is 1.80. The van der Waals surface area contributed by atoms with Crippen LogP contribution in [0.4, 0.5) is 33.3 Å². The number of nitrogens with zero attached hydrogens (tertiary/aromatic N) is 1. The van der Waals surface area contributed by atoms with E-state index in [0.29, 0.717) is 0 Å². The van der Waals surface area contributed by atoms with Crippen molar-refractivity contribution in [2.45, 2.75) is 6.92 Å². The van der Waals surface area contributed by atoms with Crippen LogP contribution in [0.2, 0.25) is 0 Å². The highest BCUT2D eigenvalue weighted by Crippen LogP contribution is 2.30. The van der Waals surface area contributed by atoms with Gasteiger partial charge in [0.25, 0.3) is 11.6 Å². The molecule has 2 rings (SSSR count). The van der Waals surface area contributed by atoms with E-state index in [9.17, 15) is 36.9 Å². The van der Waals surface area contributed by atoms with Crippen molar-refractivity contribution in [3.8, 4) is 5.75 Å². The maximum absolute atomic E-state index is 13.6. The molecule has 26 heavy (non-hydrogen) atoms. The monoisotopic (exact) mass is 376 g/mol. The smallest absolute Gasteiger partial charge is 0.296 e. The van der Waals surface area contributed by atoms with Gasteiger partial charge in [-0.25, -0.2) is 22.0 Å². The van der Waals surface area contributed by atoms with E-state index in [0.717, 1.165) is 12.1 Å². The Morgan fingerprint density at radius 1 is 1.08 bits per heavy atom. The summed E-state index contributed by atoms with van der Waals surface area (Å²) in [5.41, 5.74) is -2.98. The molecule has 0 aliphatic heterocycles. The molecule has 11 heteroatoms. The first-order valence-corrected chi connectivity index (χ1v) is 6.93. The number of rotatable bonds is 5. The molecular weight excluding hydrogens is 367 g/mol. The van der Waals surface area contributed by atoms with Crippen LogP contribution in [0, 0.1) is 39.2 Å². The first kappa shape index (κ1) is 19.1. The van der Waals surface area contributed by atoms with Crippen LogP contribution in [0.3, 0.4) is 0 Å². The van der Waals surface area contributed by atoms with Gasteiger partial charge >= 0.3 is 0 Å². The van der Waals surface area contributed by atoms with Crippen molar-refractivity contribution >= 4 is 17.3 Å². The summed E-state index contributed by atoms with van der Waals surface area (Å²) >= 11 is 0. The number of hydrogen-bond acceptors (Lipinski definition) is 4. The Hall–Kier alpha value is -3.24. The summed E-state index contributed by atoms with van der Waals surface area (Å²) in [5, 5.41) is 12.8. The van der Waals surface area contributed by atoms with Crippen molar-refractivity contribution in [3.63, 3.8) is 0 Å². The largest absolute Gasteiger partial charge is 0.494 e. The van der Waals surface area contributed by atoms with E-state index in [1.165, 1.54) is 6.07 Å². The van der Waals surface area contributed by atoms with Gasteiger partial charge in [0, 0.05) is 0 Å². The summed E-state index contributed by atoms with van der Waals surface area (Å²) in [4.78, 5) is 22.1. The van der Waals surface area contributed by atoms with Gasteiger partial charge in [-0.2, -0.15) is 0 Å². The maximum Gasteiger partial charge on any atom is 0.296 e. The number of carbonyl (C=O) groups is 1. The molecule has 0 radical (unpaired) electrons. The lowest BCUT2D eigenvalue weighted by molar-refractivity contribution is -0.384. The van der Waals surface area contributed by atoms with Crippen molar-refractivity contribution in [1.29, 1.82) is 0 Å². The van der Waals surface area contributed by atoms with Gasteiger partial charge in [0.1, 0.15) is 17.0 Å². The number of nitrogens with one attached hydrogen (secondary N) is 1. The van der Waals surface area contributed by atoms with E-state index in [-0.39, 0.29) is 12.4 Å². The number of anilines is 1. The quantitative estimate of drug-likeness (QED) is 0.282. The second kappa shape index (κ2) is 7.33. The second-order valence-corrected chi connectivity index (χ2v) is 4.77. The lowest BCUT2D eigenvalue weighted by Crippen LogP contribution is -2.20. The highest BCUT2D eigenvalue weighted by atomic mass is 19.2. The number of amides is 1. The standard InChI is InChI=1S/C15H9F5N2O4/c1-2-26-6-3-4-7(8(5-6)22(24)25)21-15(23)9-10(16)12(18)14(20)13(19)11(9)17/h3-5H,2H2,1H3,(H,21,23). The van der Waals surface area contributed by atoms with E-state index in [4.69, 9.17) is 4.74 Å². The topological polar surface area (TPSA) is 81.5 Å². The van der Waals surface area contributed by atoms with Gasteiger partial charge in [-0.3, -0.25) is 14.9 Å². The molecule has 6 nitrogen and oxygen atoms in total. The van der Waals surface area contributed by atoms with Gasteiger partial charge in [0.2, 0.25) is 5.82 Å². The molecule has 0 aromatic heterocycles. The van der Waals surface area contributed by atoms with Gasteiger partial charge < -0.3 is 10.1 Å². The Morgan fingerprint density at radius 2 is 1.62 bits per heavy atom. The normalized spacial score (nSPS) is 10.5. The van der Waals surface area contributed by atoms with Crippen LogP contribution >= 0.6 is 0 Å². The van der Waals surface area contributed by atoms with Gasteiger partial charge in [-0.15, -0.1) is 0 Å². The molecular formula is C15H9F5N2O4. The molecule has 0 bridgehead atoms. The van der Waals surface area contributed by atoms with Gasteiger partial charge in [0.15, 0.2) is 23.3 Å². The predicted octanol–water partition coefficient (Wildman–Crippen LogP) is 3.94. The maximum atomic E-state index is 13.6. The van der Waals surface area contributed by atoms with Crippen LogP contribution in [0.5, 0.6) is 5.75 Å². The fourth-order valence-corrected chi connectivity index (χ4v) is 2.01. The van der Waals surface area contributed by atoms with Crippen LogP contribution in [-0.2, 0) is 0 Å². The minimum Gasteiger partial charge on any atom is -0.494 e. The first-order valence-electron chi connectivity index (χ1n) is 6.93. The molecule has 138 valence electrons. The zero-order valence-corrected chi connectivity index (χ0v) is 12.9. The van der Waals surface area contributed by atoms with Crippen molar-refractivity contribution in [3.05, 3.63) is 63.0 Å². The number of benzene rings is 2. The van der Waals surface area contributed by atoms with Gasteiger partial charge in [-0.05, 0) is 19.1 Å². The molecule has 0 unspecified atom stereocenters. The predicted molar refractivity (Wildman–Crippen MR) is 78.5 cm³/mol. The van der Waals surface area contributed by atoms with Crippen LogP contribution in [0.1, 0.15) is 17.3 Å². The van der Waals surface area contributed by atoms with Gasteiger partial charge in [0.05, 0.1) is 17.6 Å². The summed E-state index contributed by atoms with van der Waals surface area (Å²) < 4.78 is 71.7. The minimum atomic E-state index is -2.43. The SMILES string of the molecule is CCOc1ccc(NC(=O)c2c(F)c(F)c(F)c(F)c2F)c([N+](=O)[O-])c1. The molecule has 0 saturated carbocycles. The first-order chi connectivity index (χ1) is 12.2. The number of nitro benzene ring substituents is 1. The lowest BCUT2D eigenvalue weighted by Gasteiger charge is -2.10. The fourth-order valence-electron chi connectivity index (χ4n) is 2.01. The van der Waals surface area contributed by atoms with Crippen molar-refractivity contribution in [2.75, 3.05) is 11.9 Å². The molecule has 0 atom stereocenters. The van der Waals surface area contributed by atoms with Crippen molar-refractivity contribution in [1.82, 2.24) is 0 Å². The summed E-state index contributed by atoms with van der Waals surface area (Å²) in [7, 11) is 0. The fraction of sp³-hybridized carbons (Fsp3) is 0.133. The van der Waals surface area contributed by atoms with Crippen molar-refractivity contribution in [2.24, 2.45) is 0 Å². The summed E-state index contributed by atoms with van der Waals surface area (Å²) in [5.74, 6) is -13.4. The molecule has 0 fully saturated rings. The average molecular weight is 376 g/mol. The van der Waals surface area contributed by atoms with E-state index in [1.807, 2.05) is 0 Å². The Balaban J connectivity index is 2.47. The highest BCUT2D eigenvalue weighted by Gasteiger charge is 2.30. The second-order valence-electron chi connectivity index (χ2n) is 4.77. The van der Waals surface area contributed by atoms with E-state index >= 15 is 0 Å². The Labute approximate surface area is 142 Å². The molecule has 0 aliphatic carbocycles. The number of nitro groups is 1. The molecule has 0 spiro atoms. The Kier molecular flexibility index (Phi) is 5.38. The molecule has 2 aromatic rings. The average Bonchev–Trinajstić information content (AvgIpc) is 2.59. The zero-order valence-electron chi connectivity index (χ0n) is 12.9. The third-order valence-electron chi connectivity index (χ3n) is 3.16. The minimum absolute atomic E-state index is 0.0773. The van der Waals surface area contributed by atoms with Crippen molar-refractivity contribution < 1.29 is 36.4 Å². The number of carbonyl (C=O) groups excluding carboxylic acids is 1. The molecule has 0 aliphatic rings. The van der Waals surface area contributed by atoms with Crippen LogP contribution < -0.4 is 10.1 Å². The number of ether oxygens (including phenoxy) is 1. The number of hydrogen-bond donors (Lipinski definition) is 1. The third kappa shape index (κ3) is 3.41. The third-order valence-corrected chi connectivity index (χ3v) is 3.16. The van der Waals surface area contributed by atoms with E-state index in [2.05, 4.69) is 0 Å². The Bertz CT molecular complexity index is 875. The van der Waals surface area contributed by atoms with Crippen LogP contribution in [0.25, 0.3) is 0 Å². The van der Waals surface area contributed by atoms with Crippen LogP contribution in [-0.4, -0.2) is 17.4 Å². The lowest BCUT2D eigenvalue weighted by atomic mass is 10.1.